The average Bonchev–Trinajstić information content (AvgIpc) is 3.09. The number of alkyl halides is 6. The molecule has 1 aromatic heterocycles. The number of hydrogen-bond donors (Lipinski definition) is 3. The number of rotatable bonds is 6. The van der Waals surface area contributed by atoms with Crippen molar-refractivity contribution in [3.05, 3.63) is 58.5 Å². The van der Waals surface area contributed by atoms with Gasteiger partial charge in [-0.05, 0) is 30.0 Å². The molecule has 1 aliphatic heterocycles. The molecule has 1 aliphatic rings. The van der Waals surface area contributed by atoms with Crippen LogP contribution in [-0.4, -0.2) is 88.9 Å². The first-order valence-corrected chi connectivity index (χ1v) is 12.8. The quantitative estimate of drug-likeness (QED) is 0.389. The van der Waals surface area contributed by atoms with Crippen LogP contribution in [0.3, 0.4) is 0 Å². The average molecular weight is 627 g/mol. The third kappa shape index (κ3) is 12.8. The number of nitrogens with zero attached hydrogens (tertiary/aromatic N) is 3. The summed E-state index contributed by atoms with van der Waals surface area (Å²) in [5.74, 6) is -4.60. The molecule has 0 unspecified atom stereocenters. The van der Waals surface area contributed by atoms with Crippen LogP contribution in [0.5, 0.6) is 0 Å². The summed E-state index contributed by atoms with van der Waals surface area (Å²) in [5.41, 5.74) is 3.48. The van der Waals surface area contributed by atoms with Crippen molar-refractivity contribution in [1.82, 2.24) is 14.8 Å². The highest BCUT2D eigenvalue weighted by Crippen LogP contribution is 2.24. The lowest BCUT2D eigenvalue weighted by molar-refractivity contribution is -0.193. The van der Waals surface area contributed by atoms with Gasteiger partial charge in [-0.15, -0.1) is 0 Å². The lowest BCUT2D eigenvalue weighted by Crippen LogP contribution is -2.26. The fraction of sp³-hybridized carbons (Fsp3) is 0.481. The predicted octanol–water partition coefficient (Wildman–Crippen LogP) is 4.86. The topological polar surface area (TPSA) is 123 Å². The van der Waals surface area contributed by atoms with E-state index in [1.54, 1.807) is 25.1 Å². The third-order valence-corrected chi connectivity index (χ3v) is 5.70. The van der Waals surface area contributed by atoms with E-state index in [1.807, 2.05) is 18.2 Å². The molecule has 0 bridgehead atoms. The summed E-state index contributed by atoms with van der Waals surface area (Å²) in [6.07, 6.45) is -8.58. The fourth-order valence-corrected chi connectivity index (χ4v) is 3.55. The minimum atomic E-state index is -5.08. The fourth-order valence-electron chi connectivity index (χ4n) is 3.55. The Morgan fingerprint density at radius 2 is 1.49 bits per heavy atom. The first kappa shape index (κ1) is 37.1. The van der Waals surface area contributed by atoms with Crippen molar-refractivity contribution in [3.8, 4) is 0 Å². The molecule has 1 amide bonds. The number of pyridine rings is 1. The van der Waals surface area contributed by atoms with Crippen LogP contribution >= 0.6 is 0 Å². The second kappa shape index (κ2) is 16.0. The molecule has 0 atom stereocenters. The minimum Gasteiger partial charge on any atom is -0.475 e. The van der Waals surface area contributed by atoms with Crippen molar-refractivity contribution in [3.63, 3.8) is 0 Å². The Labute approximate surface area is 243 Å². The molecule has 0 fully saturated rings. The van der Waals surface area contributed by atoms with E-state index in [2.05, 4.69) is 24.1 Å². The zero-order valence-corrected chi connectivity index (χ0v) is 23.8. The van der Waals surface area contributed by atoms with E-state index in [-0.39, 0.29) is 11.7 Å². The predicted molar refractivity (Wildman–Crippen MR) is 142 cm³/mol. The Balaban J connectivity index is 0.000000548. The lowest BCUT2D eigenvalue weighted by Gasteiger charge is -2.19. The molecule has 16 heteroatoms. The van der Waals surface area contributed by atoms with Gasteiger partial charge in [-0.1, -0.05) is 32.0 Å². The standard InChI is InChI=1S/C23H31FN4O.2C2HF3O2/c1-16(2)14-25-22-19(23(29)27(3)4)13-17-9-11-28(12-10-21(17)26-22)15-18-7-5-6-8-20(18)24;2*3-2(4,5)1(6)7/h5-8,13,16H,9-12,14-15H2,1-4H3,(H,25,26);2*(H,6,7). The van der Waals surface area contributed by atoms with E-state index in [0.717, 1.165) is 43.7 Å². The maximum absolute atomic E-state index is 14.0. The number of carbonyl (C=O) groups excluding carboxylic acids is 1. The molecule has 0 aliphatic carbocycles. The largest absolute Gasteiger partial charge is 0.490 e. The number of nitrogens with one attached hydrogen (secondary N) is 1. The number of fused-ring (bicyclic) bond motifs is 1. The van der Waals surface area contributed by atoms with Gasteiger partial charge in [0.05, 0.1) is 5.56 Å². The summed E-state index contributed by atoms with van der Waals surface area (Å²) >= 11 is 0. The first-order valence-electron chi connectivity index (χ1n) is 12.8. The highest BCUT2D eigenvalue weighted by Gasteiger charge is 2.38. The monoisotopic (exact) mass is 626 g/mol. The Morgan fingerprint density at radius 1 is 0.977 bits per heavy atom. The molecule has 1 aromatic carbocycles. The number of benzene rings is 1. The third-order valence-electron chi connectivity index (χ3n) is 5.70. The maximum Gasteiger partial charge on any atom is 0.490 e. The number of hydrogen-bond acceptors (Lipinski definition) is 6. The van der Waals surface area contributed by atoms with Gasteiger partial charge >= 0.3 is 24.3 Å². The van der Waals surface area contributed by atoms with Gasteiger partial charge in [-0.3, -0.25) is 9.69 Å². The van der Waals surface area contributed by atoms with E-state index >= 15 is 0 Å². The minimum absolute atomic E-state index is 0.0426. The smallest absolute Gasteiger partial charge is 0.475 e. The van der Waals surface area contributed by atoms with E-state index in [4.69, 9.17) is 24.8 Å². The molecule has 0 radical (unpaired) electrons. The summed E-state index contributed by atoms with van der Waals surface area (Å²) in [7, 11) is 3.52. The molecule has 9 nitrogen and oxygen atoms in total. The highest BCUT2D eigenvalue weighted by molar-refractivity contribution is 5.98. The van der Waals surface area contributed by atoms with E-state index < -0.39 is 24.3 Å². The number of carbonyl (C=O) groups is 3. The summed E-state index contributed by atoms with van der Waals surface area (Å²) in [5, 5.41) is 17.6. The molecular weight excluding hydrogens is 593 g/mol. The van der Waals surface area contributed by atoms with Crippen molar-refractivity contribution in [2.24, 2.45) is 5.92 Å². The zero-order chi connectivity index (χ0) is 33.1. The van der Waals surface area contributed by atoms with Crippen LogP contribution in [0.15, 0.2) is 30.3 Å². The summed E-state index contributed by atoms with van der Waals surface area (Å²) in [4.78, 5) is 39.2. The van der Waals surface area contributed by atoms with E-state index in [0.29, 0.717) is 29.4 Å². The summed E-state index contributed by atoms with van der Waals surface area (Å²) in [6.45, 7) is 7.24. The Kier molecular flexibility index (Phi) is 13.8. The van der Waals surface area contributed by atoms with Gasteiger partial charge in [0.2, 0.25) is 0 Å². The zero-order valence-electron chi connectivity index (χ0n) is 23.8. The van der Waals surface area contributed by atoms with Crippen LogP contribution in [-0.2, 0) is 29.0 Å². The SMILES string of the molecule is CC(C)CNc1nc2c(cc1C(=O)N(C)C)CCN(Cc1ccccc1F)CC2.O=C(O)C(F)(F)F.O=C(O)C(F)(F)F. The van der Waals surface area contributed by atoms with Crippen molar-refractivity contribution < 1.29 is 55.3 Å². The van der Waals surface area contributed by atoms with Gasteiger partial charge in [0.15, 0.2) is 0 Å². The molecule has 43 heavy (non-hydrogen) atoms. The van der Waals surface area contributed by atoms with Crippen LogP contribution < -0.4 is 5.32 Å². The molecular formula is C27H33F7N4O5. The van der Waals surface area contributed by atoms with Gasteiger partial charge in [-0.25, -0.2) is 19.0 Å². The van der Waals surface area contributed by atoms with Gasteiger partial charge in [0.25, 0.3) is 5.91 Å². The second-order valence-electron chi connectivity index (χ2n) is 9.94. The Morgan fingerprint density at radius 3 is 1.95 bits per heavy atom. The Bertz CT molecular complexity index is 1230. The number of anilines is 1. The van der Waals surface area contributed by atoms with Crippen LogP contribution in [0.25, 0.3) is 0 Å². The number of aliphatic carboxylic acids is 2. The summed E-state index contributed by atoms with van der Waals surface area (Å²) < 4.78 is 77.5. The molecule has 240 valence electrons. The van der Waals surface area contributed by atoms with Gasteiger partial charge in [0, 0.05) is 58.0 Å². The molecule has 2 heterocycles. The van der Waals surface area contributed by atoms with Crippen LogP contribution in [0.4, 0.5) is 36.6 Å². The van der Waals surface area contributed by atoms with E-state index in [1.165, 1.54) is 6.07 Å². The normalized spacial score (nSPS) is 13.4. The van der Waals surface area contributed by atoms with Crippen molar-refractivity contribution in [2.75, 3.05) is 39.0 Å². The number of carboxylic acid groups (broad SMARTS) is 2. The van der Waals surface area contributed by atoms with Crippen molar-refractivity contribution >= 4 is 23.7 Å². The van der Waals surface area contributed by atoms with Crippen LogP contribution in [0, 0.1) is 11.7 Å². The number of aromatic nitrogens is 1. The van der Waals surface area contributed by atoms with Gasteiger partial charge < -0.3 is 20.4 Å². The molecule has 3 rings (SSSR count). The molecule has 0 saturated carbocycles. The van der Waals surface area contributed by atoms with E-state index in [9.17, 15) is 35.5 Å². The first-order chi connectivity index (χ1) is 19.7. The Hall–Kier alpha value is -3.95. The molecule has 0 saturated heterocycles. The molecule has 0 spiro atoms. The van der Waals surface area contributed by atoms with Crippen molar-refractivity contribution in [2.45, 2.75) is 45.6 Å². The molecule has 3 N–H and O–H groups in total. The maximum atomic E-state index is 14.0. The highest BCUT2D eigenvalue weighted by atomic mass is 19.4. The molecule has 2 aromatic rings. The van der Waals surface area contributed by atoms with Gasteiger partial charge in [-0.2, -0.15) is 26.3 Å². The van der Waals surface area contributed by atoms with Crippen LogP contribution in [0.2, 0.25) is 0 Å². The number of halogens is 7. The lowest BCUT2D eigenvalue weighted by atomic mass is 10.0. The van der Waals surface area contributed by atoms with Crippen molar-refractivity contribution in [1.29, 1.82) is 0 Å². The van der Waals surface area contributed by atoms with Gasteiger partial charge in [0.1, 0.15) is 11.6 Å². The number of amides is 1. The van der Waals surface area contributed by atoms with Crippen LogP contribution in [0.1, 0.15) is 41.0 Å². The second-order valence-corrected chi connectivity index (χ2v) is 9.94. The summed E-state index contributed by atoms with van der Waals surface area (Å²) in [6, 6.07) is 8.94. The number of carboxylic acids is 2.